The lowest BCUT2D eigenvalue weighted by atomic mass is 9.92. The van der Waals surface area contributed by atoms with Gasteiger partial charge in [-0.25, -0.2) is 42.6 Å². The molecule has 9 heterocycles. The van der Waals surface area contributed by atoms with E-state index in [0.717, 1.165) is 146 Å². The second-order valence-electron chi connectivity index (χ2n) is 39.9. The normalized spacial score (nSPS) is 17.3. The Kier molecular flexibility index (Phi) is 30.7. The molecule has 5 saturated heterocycles. The van der Waals surface area contributed by atoms with E-state index in [4.69, 9.17) is 39.0 Å². The molecule has 0 unspecified atom stereocenters. The molecule has 143 heavy (non-hydrogen) atoms. The summed E-state index contributed by atoms with van der Waals surface area (Å²) in [5, 5.41) is 35.5. The van der Waals surface area contributed by atoms with Crippen LogP contribution in [0.2, 0.25) is 0 Å². The SMILES string of the molecule is CC(C)(C)c1cc(NC(=O)Nc2ccc(OCCN3CCOCC3)c3ccccc23)n(-c2ccc(CN3C(C)(C)C(=O)NS3(=O)=O)cc2)n1.CC(C)(C)c1cc(NC(=O)Nc2ccc(OCCN3CCOCC3)cc2)n(-c2ccc(CN3C(C)(C)C(=O)NS3(=O)=O)cc2)n1.CC(C)(C)c1cc(NC(=O)Nc2ccc(OCCc3ccncc3)c3ccccc23)n(-c2ccc(CN3C(C)(C)C(=O)NS3(=O)=O)cc2)n1. The number of benzene rings is 8. The molecule has 0 bridgehead atoms. The Labute approximate surface area is 832 Å². The quantitative estimate of drug-likeness (QED) is 0.0231. The first-order chi connectivity index (χ1) is 67.7. The van der Waals surface area contributed by atoms with Crippen molar-refractivity contribution in [3.05, 3.63) is 252 Å². The van der Waals surface area contributed by atoms with Crippen LogP contribution in [0.25, 0.3) is 38.6 Å². The van der Waals surface area contributed by atoms with Crippen LogP contribution in [0.1, 0.15) is 143 Å². The van der Waals surface area contributed by atoms with Crippen LogP contribution < -0.4 is 60.3 Å². The molecule has 17 rings (SSSR count). The van der Waals surface area contributed by atoms with Gasteiger partial charge in [0.15, 0.2) is 0 Å². The Morgan fingerprint density at radius 2 is 0.699 bits per heavy atom. The Morgan fingerprint density at radius 3 is 1.03 bits per heavy atom. The van der Waals surface area contributed by atoms with Crippen molar-refractivity contribution in [2.24, 2.45) is 0 Å². The number of fused-ring (bicyclic) bond motifs is 2. The first-order valence-corrected chi connectivity index (χ1v) is 51.4. The fraction of sp³-hybridized carbons (Fsp3) is 0.373. The maximum absolute atomic E-state index is 13.5. The highest BCUT2D eigenvalue weighted by Gasteiger charge is 2.53. The maximum atomic E-state index is 13.5. The minimum absolute atomic E-state index is 0.0107. The zero-order valence-corrected chi connectivity index (χ0v) is 85.2. The van der Waals surface area contributed by atoms with Crippen LogP contribution in [0, 0.1) is 0 Å². The van der Waals surface area contributed by atoms with Crippen LogP contribution in [-0.4, -0.2) is 220 Å². The number of pyridine rings is 1. The number of carbonyl (C=O) groups excluding carboxylic acids is 6. The molecule has 12 aromatic rings. The van der Waals surface area contributed by atoms with Crippen LogP contribution in [-0.2, 0) is 96.8 Å². The highest BCUT2D eigenvalue weighted by molar-refractivity contribution is 7.88. The summed E-state index contributed by atoms with van der Waals surface area (Å²) in [4.78, 5) is 85.4. The van der Waals surface area contributed by atoms with E-state index in [1.807, 2.05) is 178 Å². The van der Waals surface area contributed by atoms with Crippen molar-refractivity contribution in [3.63, 3.8) is 0 Å². The highest BCUT2D eigenvalue weighted by atomic mass is 32.2. The van der Waals surface area contributed by atoms with Crippen LogP contribution in [0.15, 0.2) is 213 Å². The van der Waals surface area contributed by atoms with Crippen molar-refractivity contribution >= 4 is 123 Å². The van der Waals surface area contributed by atoms with Crippen molar-refractivity contribution in [2.75, 3.05) is 117 Å². The molecule has 4 aromatic heterocycles. The van der Waals surface area contributed by atoms with E-state index < -0.39 is 83.1 Å². The van der Waals surface area contributed by atoms with Gasteiger partial charge < -0.3 is 39.6 Å². The van der Waals surface area contributed by atoms with Crippen molar-refractivity contribution < 1.29 is 77.7 Å². The van der Waals surface area contributed by atoms with Crippen molar-refractivity contribution in [2.45, 2.75) is 163 Å². The van der Waals surface area contributed by atoms with Gasteiger partial charge in [-0.15, -0.1) is 0 Å². The first-order valence-electron chi connectivity index (χ1n) is 47.1. The number of rotatable bonds is 27. The maximum Gasteiger partial charge on any atom is 0.324 e. The van der Waals surface area contributed by atoms with Gasteiger partial charge in [0, 0.05) is 139 Å². The minimum atomic E-state index is -3.94. The third kappa shape index (κ3) is 24.8. The lowest BCUT2D eigenvalue weighted by Crippen LogP contribution is -2.43. The zero-order valence-electron chi connectivity index (χ0n) is 82.8. The predicted molar refractivity (Wildman–Crippen MR) is 548 cm³/mol. The van der Waals surface area contributed by atoms with Gasteiger partial charge in [-0.3, -0.25) is 45.1 Å². The Bertz CT molecular complexity index is 7030. The van der Waals surface area contributed by atoms with E-state index in [-0.39, 0.29) is 35.9 Å². The van der Waals surface area contributed by atoms with E-state index in [1.165, 1.54) is 0 Å². The molecule has 0 saturated carbocycles. The number of hydrogen-bond acceptors (Lipinski definition) is 23. The third-order valence-electron chi connectivity index (χ3n) is 25.1. The Balaban J connectivity index is 0.000000162. The second kappa shape index (κ2) is 42.4. The number of anilines is 6. The van der Waals surface area contributed by atoms with Gasteiger partial charge in [0.25, 0.3) is 17.7 Å². The number of nitrogens with zero attached hydrogens (tertiary/aromatic N) is 12. The molecule has 0 radical (unpaired) electrons. The van der Waals surface area contributed by atoms with E-state index in [1.54, 1.807) is 153 Å². The Hall–Kier alpha value is -13.8. The van der Waals surface area contributed by atoms with Crippen LogP contribution in [0.5, 0.6) is 17.2 Å². The summed E-state index contributed by atoms with van der Waals surface area (Å²) in [6.45, 7) is 37.6. The van der Waals surface area contributed by atoms with Crippen LogP contribution >= 0.6 is 0 Å². The molecule has 0 atom stereocenters. The molecule has 9 amide bonds. The number of ether oxygens (including phenoxy) is 5. The lowest BCUT2D eigenvalue weighted by molar-refractivity contribution is -0.125. The molecule has 8 aromatic carbocycles. The predicted octanol–water partition coefficient (Wildman–Crippen LogP) is 14.1. The van der Waals surface area contributed by atoms with Gasteiger partial charge in [-0.2, -0.15) is 53.5 Å². The largest absolute Gasteiger partial charge is 0.493 e. The first kappa shape index (κ1) is 104. The summed E-state index contributed by atoms with van der Waals surface area (Å²) < 4.78 is 119. The molecular weight excluding hydrogens is 1890 g/mol. The average molecular weight is 2010 g/mol. The van der Waals surface area contributed by atoms with Gasteiger partial charge in [-0.05, 0) is 161 Å². The van der Waals surface area contributed by atoms with Crippen molar-refractivity contribution in [3.8, 4) is 34.3 Å². The van der Waals surface area contributed by atoms with Gasteiger partial charge >= 0.3 is 48.7 Å². The second-order valence-corrected chi connectivity index (χ2v) is 44.7. The fourth-order valence-corrected chi connectivity index (χ4v) is 21.1. The van der Waals surface area contributed by atoms with E-state index in [0.29, 0.717) is 88.1 Å². The highest BCUT2D eigenvalue weighted by Crippen LogP contribution is 2.39. The van der Waals surface area contributed by atoms with E-state index >= 15 is 0 Å². The third-order valence-corrected chi connectivity index (χ3v) is 29.9. The number of urea groups is 3. The number of hydrogen-bond donors (Lipinski definition) is 9. The molecule has 5 aliphatic heterocycles. The summed E-state index contributed by atoms with van der Waals surface area (Å²) >= 11 is 0. The lowest BCUT2D eigenvalue weighted by Gasteiger charge is -2.26. The van der Waals surface area contributed by atoms with Crippen LogP contribution in [0.4, 0.5) is 48.9 Å². The van der Waals surface area contributed by atoms with Crippen molar-refractivity contribution in [1.82, 2.24) is 71.2 Å². The van der Waals surface area contributed by atoms with E-state index in [9.17, 15) is 54.0 Å². The van der Waals surface area contributed by atoms with Crippen LogP contribution in [0.3, 0.4) is 0 Å². The fourth-order valence-electron chi connectivity index (χ4n) is 16.3. The molecule has 756 valence electrons. The molecule has 5 aliphatic rings. The summed E-state index contributed by atoms with van der Waals surface area (Å²) in [6, 6.07) is 59.7. The molecule has 9 N–H and O–H groups in total. The van der Waals surface area contributed by atoms with Gasteiger partial charge in [-0.1, -0.05) is 147 Å². The molecular formula is C102H123N21O17S3. The number of amides is 9. The summed E-state index contributed by atoms with van der Waals surface area (Å²) in [6.07, 6.45) is 4.26. The number of carbonyl (C=O) groups is 6. The van der Waals surface area contributed by atoms with Gasteiger partial charge in [0.05, 0.1) is 78.6 Å². The topological polar surface area (TPSA) is 442 Å². The van der Waals surface area contributed by atoms with Crippen molar-refractivity contribution in [1.29, 1.82) is 0 Å². The smallest absolute Gasteiger partial charge is 0.324 e. The average Bonchev–Trinajstić information content (AvgIpc) is 1.61. The molecule has 0 aliphatic carbocycles. The number of aromatic nitrogens is 7. The van der Waals surface area contributed by atoms with E-state index in [2.05, 4.69) is 60.9 Å². The number of nitrogens with one attached hydrogen (secondary N) is 9. The van der Waals surface area contributed by atoms with Gasteiger partial charge in [0.1, 0.15) is 64.5 Å². The Morgan fingerprint density at radius 1 is 0.378 bits per heavy atom. The minimum Gasteiger partial charge on any atom is -0.493 e. The summed E-state index contributed by atoms with van der Waals surface area (Å²) in [5.74, 6) is 1.86. The molecule has 0 spiro atoms. The number of morpholine rings is 2. The summed E-state index contributed by atoms with van der Waals surface area (Å²) in [5.41, 5.74) is 4.81. The summed E-state index contributed by atoms with van der Waals surface area (Å²) in [7, 11) is -11.8. The molecule has 41 heteroatoms. The molecule has 38 nitrogen and oxygen atoms in total. The molecule has 5 fully saturated rings. The zero-order chi connectivity index (χ0) is 102. The van der Waals surface area contributed by atoms with Gasteiger partial charge in [0.2, 0.25) is 0 Å². The standard InChI is InChI=1S/C36H39N7O5S.C35H43N7O6S.C31H41N7O6S/c1-35(2,3)31-22-32(43(40-31)26-12-10-25(11-13-26)23-42-36(4,5)33(44)41-49(42,46)47)39-34(45)38-29-14-15-30(28-9-7-6-8-27(28)29)48-21-18-24-16-19-37-20-17-24;1-34(2,3)30-22-31(42(38-30)25-12-10-24(11-13-25)23-41-35(4,5)32(43)39-49(41,45)46)37-33(44)36-28-14-15-29(27-9-7-6-8-26(27)28)48-21-18-40-16-19-47-20-17-40;1-30(2,3)26-20-27(33-29(40)32-23-8-12-25(13-9-23)44-19-16-36-14-17-43-18-15-36)38(34-26)24-10-6-22(7-11-24)21-37-31(4,5)28(39)35-45(37,41)42/h6-17,19-20,22H,18,21,23H2,1-5H3,(H,41,44)(H2,38,39,45);6-15,22H,16-21,23H2,1-5H3,(H,39,43)(H2,36,37,44);6-13,20H,14-19,21H2,1-5H3,(H,35,39)(H2,32,33,40). The monoisotopic (exact) mass is 2010 g/mol.